The number of likely N-dealkylation sites (tertiary alicyclic amines) is 1. The first kappa shape index (κ1) is 15.5. The third-order valence-corrected chi connectivity index (χ3v) is 5.17. The van der Waals surface area contributed by atoms with Gasteiger partial charge in [-0.3, -0.25) is 9.69 Å². The van der Waals surface area contributed by atoms with Gasteiger partial charge < -0.3 is 11.1 Å². The smallest absolute Gasteiger partial charge is 0.240 e. The van der Waals surface area contributed by atoms with Crippen molar-refractivity contribution in [2.75, 3.05) is 13.1 Å². The SMILES string of the molecule is NC1(C(=O)NCC2CCCN2Cc2ccccc2)CCCC1. The topological polar surface area (TPSA) is 58.4 Å². The van der Waals surface area contributed by atoms with Gasteiger partial charge in [-0.25, -0.2) is 0 Å². The molecule has 22 heavy (non-hydrogen) atoms. The number of amides is 1. The number of carbonyl (C=O) groups excluding carboxylic acids is 1. The first-order chi connectivity index (χ1) is 10.7. The monoisotopic (exact) mass is 301 g/mol. The van der Waals surface area contributed by atoms with E-state index in [0.29, 0.717) is 6.04 Å². The van der Waals surface area contributed by atoms with Gasteiger partial charge in [0.05, 0.1) is 5.54 Å². The Morgan fingerprint density at radius 3 is 2.68 bits per heavy atom. The molecule has 0 radical (unpaired) electrons. The highest BCUT2D eigenvalue weighted by molar-refractivity contribution is 5.86. The predicted molar refractivity (Wildman–Crippen MR) is 88.3 cm³/mol. The molecule has 1 aromatic rings. The molecular weight excluding hydrogens is 274 g/mol. The Bertz CT molecular complexity index is 496. The van der Waals surface area contributed by atoms with E-state index in [-0.39, 0.29) is 5.91 Å². The lowest BCUT2D eigenvalue weighted by atomic mass is 9.98. The lowest BCUT2D eigenvalue weighted by Gasteiger charge is -2.27. The number of nitrogens with one attached hydrogen (secondary N) is 1. The van der Waals surface area contributed by atoms with Gasteiger partial charge in [0.2, 0.25) is 5.91 Å². The average molecular weight is 301 g/mol. The normalized spacial score (nSPS) is 24.5. The first-order valence-electron chi connectivity index (χ1n) is 8.52. The van der Waals surface area contributed by atoms with E-state index in [4.69, 9.17) is 5.73 Å². The predicted octanol–water partition coefficient (Wildman–Crippen LogP) is 2.04. The molecule has 4 heteroatoms. The first-order valence-corrected chi connectivity index (χ1v) is 8.52. The Balaban J connectivity index is 1.52. The highest BCUT2D eigenvalue weighted by atomic mass is 16.2. The summed E-state index contributed by atoms with van der Waals surface area (Å²) in [5.41, 5.74) is 6.95. The van der Waals surface area contributed by atoms with E-state index in [1.165, 1.54) is 12.0 Å². The summed E-state index contributed by atoms with van der Waals surface area (Å²) < 4.78 is 0. The van der Waals surface area contributed by atoms with Gasteiger partial charge in [0.1, 0.15) is 0 Å². The van der Waals surface area contributed by atoms with E-state index < -0.39 is 5.54 Å². The van der Waals surface area contributed by atoms with Crippen LogP contribution in [0, 0.1) is 0 Å². The average Bonchev–Trinajstić information content (AvgIpc) is 3.16. The van der Waals surface area contributed by atoms with Crippen LogP contribution in [0.25, 0.3) is 0 Å². The van der Waals surface area contributed by atoms with Crippen LogP contribution in [0.5, 0.6) is 0 Å². The van der Waals surface area contributed by atoms with Crippen molar-refractivity contribution in [3.63, 3.8) is 0 Å². The molecule has 3 rings (SSSR count). The van der Waals surface area contributed by atoms with E-state index in [1.54, 1.807) is 0 Å². The molecule has 2 fully saturated rings. The zero-order chi connectivity index (χ0) is 15.4. The van der Waals surface area contributed by atoms with Crippen molar-refractivity contribution >= 4 is 5.91 Å². The van der Waals surface area contributed by atoms with E-state index in [0.717, 1.165) is 51.7 Å². The van der Waals surface area contributed by atoms with Crippen LogP contribution < -0.4 is 11.1 Å². The summed E-state index contributed by atoms with van der Waals surface area (Å²) in [4.78, 5) is 14.8. The molecule has 3 N–H and O–H groups in total. The minimum absolute atomic E-state index is 0.0524. The van der Waals surface area contributed by atoms with E-state index in [2.05, 4.69) is 34.5 Å². The molecule has 1 saturated carbocycles. The molecule has 1 atom stereocenters. The van der Waals surface area contributed by atoms with Crippen LogP contribution >= 0.6 is 0 Å². The lowest BCUT2D eigenvalue weighted by Crippen LogP contribution is -2.54. The highest BCUT2D eigenvalue weighted by Gasteiger charge is 2.37. The van der Waals surface area contributed by atoms with Gasteiger partial charge >= 0.3 is 0 Å². The van der Waals surface area contributed by atoms with Gasteiger partial charge in [-0.15, -0.1) is 0 Å². The third-order valence-electron chi connectivity index (χ3n) is 5.17. The van der Waals surface area contributed by atoms with Crippen molar-refractivity contribution in [2.24, 2.45) is 5.73 Å². The van der Waals surface area contributed by atoms with Crippen molar-refractivity contribution < 1.29 is 4.79 Å². The quantitative estimate of drug-likeness (QED) is 0.875. The number of nitrogens with zero attached hydrogens (tertiary/aromatic N) is 1. The Morgan fingerprint density at radius 1 is 1.23 bits per heavy atom. The number of benzene rings is 1. The second-order valence-electron chi connectivity index (χ2n) is 6.83. The van der Waals surface area contributed by atoms with Gasteiger partial charge in [-0.05, 0) is 37.8 Å². The fourth-order valence-corrected chi connectivity index (χ4v) is 3.77. The summed E-state index contributed by atoms with van der Waals surface area (Å²) in [6, 6.07) is 11.0. The third kappa shape index (κ3) is 3.50. The maximum Gasteiger partial charge on any atom is 0.240 e. The summed E-state index contributed by atoms with van der Waals surface area (Å²) in [6.07, 6.45) is 6.18. The zero-order valence-electron chi connectivity index (χ0n) is 13.3. The molecule has 1 aromatic carbocycles. The number of hydrogen-bond acceptors (Lipinski definition) is 3. The number of hydrogen-bond donors (Lipinski definition) is 2. The molecule has 0 aromatic heterocycles. The summed E-state index contributed by atoms with van der Waals surface area (Å²) in [7, 11) is 0. The van der Waals surface area contributed by atoms with Crippen LogP contribution in [0.1, 0.15) is 44.1 Å². The van der Waals surface area contributed by atoms with Crippen LogP contribution in [0.3, 0.4) is 0 Å². The van der Waals surface area contributed by atoms with Crippen molar-refractivity contribution in [1.82, 2.24) is 10.2 Å². The zero-order valence-corrected chi connectivity index (χ0v) is 13.3. The fourth-order valence-electron chi connectivity index (χ4n) is 3.77. The molecule has 0 spiro atoms. The standard InChI is InChI=1S/C18H27N3O/c19-18(10-4-5-11-18)17(22)20-13-16-9-6-12-21(16)14-15-7-2-1-3-8-15/h1-3,7-8,16H,4-6,9-14,19H2,(H,20,22). The van der Waals surface area contributed by atoms with Gasteiger partial charge in [0.25, 0.3) is 0 Å². The second kappa shape index (κ2) is 6.80. The lowest BCUT2D eigenvalue weighted by molar-refractivity contribution is -0.126. The van der Waals surface area contributed by atoms with Crippen LogP contribution in [0.15, 0.2) is 30.3 Å². The number of rotatable bonds is 5. The molecule has 120 valence electrons. The molecule has 1 heterocycles. The van der Waals surface area contributed by atoms with Gasteiger partial charge in [-0.2, -0.15) is 0 Å². The maximum atomic E-state index is 12.3. The Hall–Kier alpha value is -1.39. The Labute approximate surface area is 133 Å². The Kier molecular flexibility index (Phi) is 4.79. The van der Waals surface area contributed by atoms with Crippen LogP contribution in [0.2, 0.25) is 0 Å². The molecule has 1 saturated heterocycles. The maximum absolute atomic E-state index is 12.3. The van der Waals surface area contributed by atoms with Gasteiger partial charge in [0.15, 0.2) is 0 Å². The summed E-state index contributed by atoms with van der Waals surface area (Å²) in [5.74, 6) is 0.0524. The molecule has 1 aliphatic carbocycles. The van der Waals surface area contributed by atoms with Crippen LogP contribution in [0.4, 0.5) is 0 Å². The van der Waals surface area contributed by atoms with Crippen molar-refractivity contribution in [2.45, 2.75) is 56.7 Å². The largest absolute Gasteiger partial charge is 0.353 e. The molecule has 2 aliphatic rings. The minimum Gasteiger partial charge on any atom is -0.353 e. The number of carbonyl (C=O) groups is 1. The molecule has 4 nitrogen and oxygen atoms in total. The summed E-state index contributed by atoms with van der Waals surface area (Å²) in [5, 5.41) is 3.12. The van der Waals surface area contributed by atoms with Crippen molar-refractivity contribution in [1.29, 1.82) is 0 Å². The molecule has 1 unspecified atom stereocenters. The second-order valence-corrected chi connectivity index (χ2v) is 6.83. The molecule has 1 amide bonds. The molecule has 0 bridgehead atoms. The van der Waals surface area contributed by atoms with Crippen molar-refractivity contribution in [3.05, 3.63) is 35.9 Å². The van der Waals surface area contributed by atoms with E-state index in [1.807, 2.05) is 6.07 Å². The van der Waals surface area contributed by atoms with Gasteiger partial charge in [0, 0.05) is 19.1 Å². The molecule has 1 aliphatic heterocycles. The van der Waals surface area contributed by atoms with Crippen LogP contribution in [-0.4, -0.2) is 35.5 Å². The van der Waals surface area contributed by atoms with E-state index >= 15 is 0 Å². The van der Waals surface area contributed by atoms with Crippen molar-refractivity contribution in [3.8, 4) is 0 Å². The summed E-state index contributed by atoms with van der Waals surface area (Å²) >= 11 is 0. The highest BCUT2D eigenvalue weighted by Crippen LogP contribution is 2.27. The van der Waals surface area contributed by atoms with Crippen LogP contribution in [-0.2, 0) is 11.3 Å². The minimum atomic E-state index is -0.608. The fraction of sp³-hybridized carbons (Fsp3) is 0.611. The number of nitrogens with two attached hydrogens (primary N) is 1. The molecular formula is C18H27N3O. The van der Waals surface area contributed by atoms with Gasteiger partial charge in [-0.1, -0.05) is 43.2 Å². The Morgan fingerprint density at radius 2 is 1.95 bits per heavy atom. The summed E-state index contributed by atoms with van der Waals surface area (Å²) in [6.45, 7) is 2.81. The van der Waals surface area contributed by atoms with E-state index in [9.17, 15) is 4.79 Å².